The number of carbonyl (C=O) groups is 2. The Hall–Kier alpha value is -3.05. The quantitative estimate of drug-likeness (QED) is 0.151. The minimum Gasteiger partial charge on any atom is -0.503 e. The van der Waals surface area contributed by atoms with E-state index in [2.05, 4.69) is 39.4 Å². The molecule has 1 N–H and O–H groups in total. The summed E-state index contributed by atoms with van der Waals surface area (Å²) in [5, 5.41) is 20.9. The fraction of sp³-hybridized carbons (Fsp3) is 0.192. The Morgan fingerprint density at radius 1 is 1.11 bits per heavy atom. The van der Waals surface area contributed by atoms with Crippen molar-refractivity contribution in [1.82, 2.24) is 15.2 Å². The fourth-order valence-corrected chi connectivity index (χ4v) is 6.97. The topological polar surface area (TPSA) is 96.3 Å². The van der Waals surface area contributed by atoms with Crippen molar-refractivity contribution in [3.63, 3.8) is 0 Å². The molecule has 0 spiro atoms. The van der Waals surface area contributed by atoms with Crippen LogP contribution in [0.25, 0.3) is 0 Å². The minimum atomic E-state index is -0.914. The number of Topliss-reactive ketones (excluding diaryl/α,β-unsaturated/α-hetero) is 1. The lowest BCUT2D eigenvalue weighted by molar-refractivity contribution is -0.117. The number of anilines is 1. The lowest BCUT2D eigenvalue weighted by Crippen LogP contribution is -2.31. The Bertz CT molecular complexity index is 1540. The van der Waals surface area contributed by atoms with Crippen molar-refractivity contribution in [1.29, 1.82) is 0 Å². The second kappa shape index (κ2) is 10.4. The maximum atomic E-state index is 13.7. The summed E-state index contributed by atoms with van der Waals surface area (Å²) in [6.45, 7) is 5.58. The molecule has 188 valence electrons. The summed E-state index contributed by atoms with van der Waals surface area (Å²) >= 11 is 10.2. The van der Waals surface area contributed by atoms with Crippen molar-refractivity contribution in [3.05, 3.63) is 97.2 Å². The highest BCUT2D eigenvalue weighted by Crippen LogP contribution is 2.44. The van der Waals surface area contributed by atoms with Crippen molar-refractivity contribution in [3.8, 4) is 0 Å². The zero-order valence-electron chi connectivity index (χ0n) is 20.1. The highest BCUT2D eigenvalue weighted by Gasteiger charge is 2.46. The number of aryl methyl sites for hydroxylation is 3. The highest BCUT2D eigenvalue weighted by atomic mass is 35.5. The summed E-state index contributed by atoms with van der Waals surface area (Å²) in [7, 11) is 0. The van der Waals surface area contributed by atoms with Crippen LogP contribution in [0.2, 0.25) is 5.02 Å². The normalized spacial score (nSPS) is 15.6. The van der Waals surface area contributed by atoms with E-state index in [9.17, 15) is 14.7 Å². The van der Waals surface area contributed by atoms with Crippen molar-refractivity contribution in [2.75, 3.05) is 4.90 Å². The van der Waals surface area contributed by atoms with Crippen molar-refractivity contribution < 1.29 is 14.7 Å². The van der Waals surface area contributed by atoms with Gasteiger partial charge in [-0.25, -0.2) is 4.98 Å². The average Bonchev–Trinajstić information content (AvgIpc) is 3.54. The van der Waals surface area contributed by atoms with Crippen LogP contribution in [0.15, 0.2) is 64.2 Å². The lowest BCUT2D eigenvalue weighted by Gasteiger charge is -2.24. The zero-order chi connectivity index (χ0) is 26.3. The van der Waals surface area contributed by atoms with Crippen molar-refractivity contribution in [2.24, 2.45) is 0 Å². The molecule has 0 radical (unpaired) electrons. The van der Waals surface area contributed by atoms with Gasteiger partial charge in [0, 0.05) is 10.8 Å². The van der Waals surface area contributed by atoms with Crippen LogP contribution in [-0.4, -0.2) is 32.0 Å². The number of hydrogen-bond donors (Lipinski definition) is 1. The number of ketones is 1. The van der Waals surface area contributed by atoms with E-state index in [1.54, 1.807) is 38.1 Å². The monoisotopic (exact) mass is 568 g/mol. The van der Waals surface area contributed by atoms with Crippen LogP contribution in [-0.2, 0) is 10.5 Å². The third-order valence-electron chi connectivity index (χ3n) is 5.81. The molecule has 37 heavy (non-hydrogen) atoms. The molecule has 1 atom stereocenters. The van der Waals surface area contributed by atoms with Crippen molar-refractivity contribution in [2.45, 2.75) is 36.9 Å². The molecule has 1 amide bonds. The second-order valence-electron chi connectivity index (χ2n) is 8.50. The van der Waals surface area contributed by atoms with Gasteiger partial charge in [-0.3, -0.25) is 14.5 Å². The van der Waals surface area contributed by atoms with Gasteiger partial charge in [0.25, 0.3) is 5.91 Å². The van der Waals surface area contributed by atoms with Gasteiger partial charge in [-0.05, 0) is 44.0 Å². The SMILES string of the molecule is Cc1ccc(CSc2nnc(N3C(=O)C(O)=C(C(=O)c4sc(C)nc4C)C3c3cccc(Cl)c3)s2)cc1. The number of halogens is 1. The number of hydrogen-bond acceptors (Lipinski definition) is 9. The van der Waals surface area contributed by atoms with Gasteiger partial charge >= 0.3 is 0 Å². The van der Waals surface area contributed by atoms with Gasteiger partial charge in [0.15, 0.2) is 10.1 Å². The number of thiazole rings is 1. The number of aromatic nitrogens is 3. The summed E-state index contributed by atoms with van der Waals surface area (Å²) in [5.74, 6) is -1.07. The smallest absolute Gasteiger partial charge is 0.296 e. The van der Waals surface area contributed by atoms with Gasteiger partial charge in [-0.2, -0.15) is 0 Å². The molecular formula is C26H21ClN4O3S3. The molecule has 1 aliphatic heterocycles. The van der Waals surface area contributed by atoms with E-state index in [0.717, 1.165) is 10.6 Å². The van der Waals surface area contributed by atoms with Crippen LogP contribution in [0.4, 0.5) is 5.13 Å². The zero-order valence-corrected chi connectivity index (χ0v) is 23.3. The first-order valence-electron chi connectivity index (χ1n) is 11.3. The molecule has 0 fully saturated rings. The van der Waals surface area contributed by atoms with Gasteiger partial charge in [-0.15, -0.1) is 21.5 Å². The Morgan fingerprint density at radius 3 is 2.54 bits per heavy atom. The molecule has 0 saturated carbocycles. The van der Waals surface area contributed by atoms with Gasteiger partial charge in [0.2, 0.25) is 10.9 Å². The molecule has 5 rings (SSSR count). The third kappa shape index (κ3) is 5.06. The molecule has 0 saturated heterocycles. The summed E-state index contributed by atoms with van der Waals surface area (Å²) in [5.41, 5.74) is 3.44. The first-order valence-corrected chi connectivity index (χ1v) is 14.3. The summed E-state index contributed by atoms with van der Waals surface area (Å²) in [6.07, 6.45) is 0. The Labute approximate surface area is 230 Å². The molecule has 11 heteroatoms. The van der Waals surface area contributed by atoms with Crippen LogP contribution in [0.3, 0.4) is 0 Å². The van der Waals surface area contributed by atoms with Gasteiger partial charge in [0.05, 0.1) is 27.2 Å². The molecule has 3 heterocycles. The lowest BCUT2D eigenvalue weighted by atomic mass is 9.95. The number of benzene rings is 2. The molecule has 1 aliphatic rings. The van der Waals surface area contributed by atoms with Crippen LogP contribution < -0.4 is 4.90 Å². The number of nitrogens with zero attached hydrogens (tertiary/aromatic N) is 4. The standard InChI is InChI=1S/C26H21ClN4O3S3/c1-13-7-9-16(10-8-13)12-35-26-30-29-25(37-26)31-20(17-5-4-6-18(27)11-17)19(22(33)24(31)34)21(32)23-14(2)28-15(3)36-23/h4-11,20,33H,12H2,1-3H3. The number of aliphatic hydroxyl groups excluding tert-OH is 1. The van der Waals surface area contributed by atoms with E-state index < -0.39 is 23.5 Å². The van der Waals surface area contributed by atoms with E-state index in [4.69, 9.17) is 11.6 Å². The minimum absolute atomic E-state index is 0.0249. The molecule has 0 aliphatic carbocycles. The van der Waals surface area contributed by atoms with E-state index in [0.29, 0.717) is 31.2 Å². The van der Waals surface area contributed by atoms with Crippen LogP contribution in [0.1, 0.15) is 43.1 Å². The summed E-state index contributed by atoms with van der Waals surface area (Å²) in [4.78, 5) is 33.1. The van der Waals surface area contributed by atoms with Gasteiger partial charge in [-0.1, -0.05) is 76.7 Å². The molecule has 4 aromatic rings. The largest absolute Gasteiger partial charge is 0.503 e. The molecule has 2 aromatic heterocycles. The first kappa shape index (κ1) is 25.6. The molecular weight excluding hydrogens is 548 g/mol. The summed E-state index contributed by atoms with van der Waals surface area (Å²) < 4.78 is 0.668. The highest BCUT2D eigenvalue weighted by molar-refractivity contribution is 8.00. The number of thioether (sulfide) groups is 1. The van der Waals surface area contributed by atoms with E-state index in [1.165, 1.54) is 44.9 Å². The Balaban J connectivity index is 1.51. The number of carbonyl (C=O) groups excluding carboxylic acids is 2. The average molecular weight is 569 g/mol. The molecule has 0 bridgehead atoms. The van der Waals surface area contributed by atoms with Crippen LogP contribution in [0.5, 0.6) is 0 Å². The van der Waals surface area contributed by atoms with E-state index in [1.807, 2.05) is 6.92 Å². The fourth-order valence-electron chi connectivity index (χ4n) is 4.08. The third-order valence-corrected chi connectivity index (χ3v) is 9.25. The van der Waals surface area contributed by atoms with Crippen LogP contribution in [0, 0.1) is 20.8 Å². The van der Waals surface area contributed by atoms with Gasteiger partial charge in [0.1, 0.15) is 0 Å². The summed E-state index contributed by atoms with van der Waals surface area (Å²) in [6, 6.07) is 14.2. The first-order chi connectivity index (χ1) is 17.7. The Kier molecular flexibility index (Phi) is 7.17. The van der Waals surface area contributed by atoms with E-state index >= 15 is 0 Å². The van der Waals surface area contributed by atoms with Crippen molar-refractivity contribution >= 4 is 62.9 Å². The number of amides is 1. The molecule has 2 aromatic carbocycles. The van der Waals surface area contributed by atoms with Crippen LogP contribution >= 0.6 is 46.0 Å². The number of rotatable bonds is 7. The van der Waals surface area contributed by atoms with E-state index in [-0.39, 0.29) is 10.7 Å². The predicted octanol–water partition coefficient (Wildman–Crippen LogP) is 6.65. The number of aliphatic hydroxyl groups is 1. The molecule has 7 nitrogen and oxygen atoms in total. The predicted molar refractivity (Wildman–Crippen MR) is 148 cm³/mol. The maximum Gasteiger partial charge on any atom is 0.296 e. The Morgan fingerprint density at radius 2 is 1.86 bits per heavy atom. The van der Waals surface area contributed by atoms with Gasteiger partial charge < -0.3 is 5.11 Å². The maximum absolute atomic E-state index is 13.7. The second-order valence-corrected chi connectivity index (χ2v) is 12.3. The molecule has 1 unspecified atom stereocenters.